The second-order valence-corrected chi connectivity index (χ2v) is 9.02. The molecular formula is C20H25N3O5S2. The largest absolute Gasteiger partial charge is 0.383 e. The Balaban J connectivity index is 2.02. The normalized spacial score (nSPS) is 12.2. The van der Waals surface area contributed by atoms with Gasteiger partial charge in [-0.2, -0.15) is 0 Å². The van der Waals surface area contributed by atoms with Crippen molar-refractivity contribution in [2.45, 2.75) is 22.8 Å². The number of primary sulfonamides is 1. The van der Waals surface area contributed by atoms with E-state index in [1.54, 1.807) is 50.4 Å². The first-order chi connectivity index (χ1) is 14.2. The van der Waals surface area contributed by atoms with Gasteiger partial charge in [-0.25, -0.2) is 13.6 Å². The summed E-state index contributed by atoms with van der Waals surface area (Å²) in [6.45, 7) is 2.66. The maximum Gasteiger partial charge on any atom is 0.252 e. The molecule has 2 amide bonds. The summed E-state index contributed by atoms with van der Waals surface area (Å²) in [5.74, 6) is -0.255. The number of ether oxygens (including phenoxy) is 1. The first kappa shape index (κ1) is 23.9. The third kappa shape index (κ3) is 7.13. The molecule has 10 heteroatoms. The molecular weight excluding hydrogens is 426 g/mol. The summed E-state index contributed by atoms with van der Waals surface area (Å²) >= 11 is 1.27. The minimum absolute atomic E-state index is 0.00954. The Morgan fingerprint density at radius 2 is 1.80 bits per heavy atom. The number of nitrogens with one attached hydrogen (secondary N) is 2. The van der Waals surface area contributed by atoms with Crippen molar-refractivity contribution in [2.75, 3.05) is 26.0 Å². The number of carbonyl (C=O) groups is 2. The topological polar surface area (TPSA) is 128 Å². The number of hydrogen-bond donors (Lipinski definition) is 3. The maximum absolute atomic E-state index is 12.8. The van der Waals surface area contributed by atoms with E-state index in [0.29, 0.717) is 23.6 Å². The molecule has 0 saturated carbocycles. The molecule has 0 aliphatic heterocycles. The van der Waals surface area contributed by atoms with Crippen LogP contribution in [-0.2, 0) is 19.6 Å². The van der Waals surface area contributed by atoms with E-state index in [2.05, 4.69) is 10.6 Å². The van der Waals surface area contributed by atoms with Gasteiger partial charge < -0.3 is 15.4 Å². The molecule has 0 saturated heterocycles. The first-order valence-electron chi connectivity index (χ1n) is 9.13. The summed E-state index contributed by atoms with van der Waals surface area (Å²) < 4.78 is 27.6. The number of rotatable bonds is 10. The fourth-order valence-electron chi connectivity index (χ4n) is 2.57. The summed E-state index contributed by atoms with van der Waals surface area (Å²) in [4.78, 5) is 25.4. The zero-order valence-electron chi connectivity index (χ0n) is 16.8. The Bertz CT molecular complexity index is 978. The standard InChI is InChI=1S/C20H25N3O5S2/c1-14(15-7-9-16(10-8-15)30(21,26)27)23-20(25)17-5-3-4-6-18(17)29-13-19(24)22-11-12-28-2/h3-10,14H,11-13H2,1-2H3,(H,22,24)(H,23,25)(H2,21,26,27). The van der Waals surface area contributed by atoms with Gasteiger partial charge in [-0.3, -0.25) is 9.59 Å². The monoisotopic (exact) mass is 451 g/mol. The van der Waals surface area contributed by atoms with Gasteiger partial charge >= 0.3 is 0 Å². The van der Waals surface area contributed by atoms with Gasteiger partial charge in [0.25, 0.3) is 5.91 Å². The van der Waals surface area contributed by atoms with Crippen LogP contribution in [0.25, 0.3) is 0 Å². The van der Waals surface area contributed by atoms with E-state index >= 15 is 0 Å². The van der Waals surface area contributed by atoms with Crippen molar-refractivity contribution in [2.24, 2.45) is 5.14 Å². The van der Waals surface area contributed by atoms with E-state index in [9.17, 15) is 18.0 Å². The van der Waals surface area contributed by atoms with E-state index in [1.807, 2.05) is 0 Å². The Morgan fingerprint density at radius 1 is 1.13 bits per heavy atom. The van der Waals surface area contributed by atoms with Crippen LogP contribution in [0.1, 0.15) is 28.9 Å². The lowest BCUT2D eigenvalue weighted by atomic mass is 10.1. The number of hydrogen-bond acceptors (Lipinski definition) is 6. The number of methoxy groups -OCH3 is 1. The summed E-state index contributed by atoms with van der Waals surface area (Å²) in [6, 6.07) is 12.7. The summed E-state index contributed by atoms with van der Waals surface area (Å²) in [5, 5.41) is 10.7. The zero-order chi connectivity index (χ0) is 22.1. The van der Waals surface area contributed by atoms with Crippen LogP contribution in [0.15, 0.2) is 58.3 Å². The number of benzene rings is 2. The molecule has 0 aromatic heterocycles. The average molecular weight is 452 g/mol. The Morgan fingerprint density at radius 3 is 2.43 bits per heavy atom. The molecule has 1 unspecified atom stereocenters. The van der Waals surface area contributed by atoms with Crippen molar-refractivity contribution in [3.63, 3.8) is 0 Å². The predicted molar refractivity (Wildman–Crippen MR) is 116 cm³/mol. The molecule has 0 radical (unpaired) electrons. The van der Waals surface area contributed by atoms with Gasteiger partial charge in [0.05, 0.1) is 28.9 Å². The van der Waals surface area contributed by atoms with Crippen LogP contribution in [0.4, 0.5) is 0 Å². The molecule has 8 nitrogen and oxygen atoms in total. The van der Waals surface area contributed by atoms with Crippen LogP contribution >= 0.6 is 11.8 Å². The molecule has 30 heavy (non-hydrogen) atoms. The van der Waals surface area contributed by atoms with Crippen LogP contribution in [0.2, 0.25) is 0 Å². The van der Waals surface area contributed by atoms with Crippen LogP contribution in [0.5, 0.6) is 0 Å². The highest BCUT2D eigenvalue weighted by Gasteiger charge is 2.16. The molecule has 0 heterocycles. The van der Waals surface area contributed by atoms with E-state index in [0.717, 1.165) is 5.56 Å². The van der Waals surface area contributed by atoms with Crippen molar-refractivity contribution in [1.82, 2.24) is 10.6 Å². The molecule has 0 fully saturated rings. The first-order valence-corrected chi connectivity index (χ1v) is 11.7. The summed E-state index contributed by atoms with van der Waals surface area (Å²) in [6.07, 6.45) is 0. The van der Waals surface area contributed by atoms with Gasteiger partial charge in [-0.15, -0.1) is 11.8 Å². The molecule has 0 spiro atoms. The average Bonchev–Trinajstić information content (AvgIpc) is 2.72. The fourth-order valence-corrected chi connectivity index (χ4v) is 3.97. The Labute approximate surface area is 180 Å². The van der Waals surface area contributed by atoms with E-state index in [4.69, 9.17) is 9.88 Å². The number of amides is 2. The number of sulfonamides is 1. The maximum atomic E-state index is 12.8. The van der Waals surface area contributed by atoms with Crippen LogP contribution < -0.4 is 15.8 Å². The van der Waals surface area contributed by atoms with Gasteiger partial charge in [-0.1, -0.05) is 24.3 Å². The highest BCUT2D eigenvalue weighted by Crippen LogP contribution is 2.23. The van der Waals surface area contributed by atoms with Crippen molar-refractivity contribution in [3.8, 4) is 0 Å². The van der Waals surface area contributed by atoms with Crippen LogP contribution in [0.3, 0.4) is 0 Å². The summed E-state index contributed by atoms with van der Waals surface area (Å²) in [7, 11) is -2.21. The zero-order valence-corrected chi connectivity index (χ0v) is 18.4. The quantitative estimate of drug-likeness (QED) is 0.372. The van der Waals surface area contributed by atoms with E-state index in [1.165, 1.54) is 23.9 Å². The molecule has 0 aliphatic rings. The molecule has 162 valence electrons. The lowest BCUT2D eigenvalue weighted by Crippen LogP contribution is -2.29. The molecule has 1 atom stereocenters. The molecule has 0 bridgehead atoms. The Hall–Kier alpha value is -2.40. The molecule has 0 aliphatic carbocycles. The molecule has 2 aromatic carbocycles. The molecule has 2 aromatic rings. The third-order valence-electron chi connectivity index (χ3n) is 4.18. The number of nitrogens with two attached hydrogens (primary N) is 1. The lowest BCUT2D eigenvalue weighted by molar-refractivity contribution is -0.118. The second-order valence-electron chi connectivity index (χ2n) is 6.44. The molecule has 2 rings (SSSR count). The van der Waals surface area contributed by atoms with E-state index in [-0.39, 0.29) is 28.5 Å². The minimum atomic E-state index is -3.77. The second kappa shape index (κ2) is 11.1. The Kier molecular flexibility index (Phi) is 8.85. The van der Waals surface area contributed by atoms with Crippen molar-refractivity contribution >= 4 is 33.6 Å². The molecule has 4 N–H and O–H groups in total. The van der Waals surface area contributed by atoms with Gasteiger partial charge in [0, 0.05) is 18.6 Å². The smallest absolute Gasteiger partial charge is 0.252 e. The highest BCUT2D eigenvalue weighted by atomic mass is 32.2. The van der Waals surface area contributed by atoms with E-state index < -0.39 is 10.0 Å². The number of thioether (sulfide) groups is 1. The summed E-state index contributed by atoms with van der Waals surface area (Å²) in [5.41, 5.74) is 1.19. The van der Waals surface area contributed by atoms with Gasteiger partial charge in [0.2, 0.25) is 15.9 Å². The number of carbonyl (C=O) groups excluding carboxylic acids is 2. The SMILES string of the molecule is COCCNC(=O)CSc1ccccc1C(=O)NC(C)c1ccc(S(N)(=O)=O)cc1. The van der Waals surface area contributed by atoms with Crippen molar-refractivity contribution in [1.29, 1.82) is 0 Å². The third-order valence-corrected chi connectivity index (χ3v) is 6.18. The van der Waals surface area contributed by atoms with Gasteiger partial charge in [0.1, 0.15) is 0 Å². The fraction of sp³-hybridized carbons (Fsp3) is 0.300. The lowest BCUT2D eigenvalue weighted by Gasteiger charge is -2.16. The van der Waals surface area contributed by atoms with Crippen LogP contribution in [0, 0.1) is 0 Å². The minimum Gasteiger partial charge on any atom is -0.383 e. The van der Waals surface area contributed by atoms with Crippen molar-refractivity contribution < 1.29 is 22.7 Å². The van der Waals surface area contributed by atoms with Gasteiger partial charge in [0.15, 0.2) is 0 Å². The van der Waals surface area contributed by atoms with Crippen LogP contribution in [-0.4, -0.2) is 46.2 Å². The van der Waals surface area contributed by atoms with Gasteiger partial charge in [-0.05, 0) is 36.8 Å². The highest BCUT2D eigenvalue weighted by molar-refractivity contribution is 8.00. The predicted octanol–water partition coefficient (Wildman–Crippen LogP) is 1.68. The van der Waals surface area contributed by atoms with Crippen molar-refractivity contribution in [3.05, 3.63) is 59.7 Å².